The molecule has 4 aromatic rings. The first kappa shape index (κ1) is 18.4. The number of nitrogens with zero attached hydrogens (tertiary/aromatic N) is 2. The van der Waals surface area contributed by atoms with Gasteiger partial charge in [0.25, 0.3) is 5.91 Å². The second-order valence-electron chi connectivity index (χ2n) is 6.63. The van der Waals surface area contributed by atoms with E-state index in [4.69, 9.17) is 0 Å². The standard InChI is InChI=1S/C22H19N5O2/c1-14(26-21-18-7-2-3-8-19(18)24-13-25-21)15-5-4-6-17(11-15)27-22(29)16-9-10-20(28)23-12-16/h2-14H,1H3,(H,23,28)(H,27,29)(H,24,25,26). The molecule has 7 heteroatoms. The molecule has 0 saturated heterocycles. The van der Waals surface area contributed by atoms with Gasteiger partial charge in [-0.05, 0) is 42.8 Å². The van der Waals surface area contributed by atoms with Gasteiger partial charge in [0, 0.05) is 23.3 Å². The van der Waals surface area contributed by atoms with Crippen LogP contribution in [0.4, 0.5) is 11.5 Å². The Morgan fingerprint density at radius 3 is 2.72 bits per heavy atom. The maximum absolute atomic E-state index is 12.4. The van der Waals surface area contributed by atoms with Crippen molar-refractivity contribution < 1.29 is 4.79 Å². The summed E-state index contributed by atoms with van der Waals surface area (Å²) in [6.07, 6.45) is 2.93. The van der Waals surface area contributed by atoms with Crippen LogP contribution >= 0.6 is 0 Å². The van der Waals surface area contributed by atoms with E-state index in [0.717, 1.165) is 22.3 Å². The molecule has 0 spiro atoms. The van der Waals surface area contributed by atoms with E-state index in [1.54, 1.807) is 0 Å². The van der Waals surface area contributed by atoms with E-state index in [1.165, 1.54) is 24.7 Å². The van der Waals surface area contributed by atoms with Gasteiger partial charge in [-0.3, -0.25) is 9.59 Å². The Balaban J connectivity index is 1.52. The van der Waals surface area contributed by atoms with Gasteiger partial charge < -0.3 is 15.6 Å². The highest BCUT2D eigenvalue weighted by Crippen LogP contribution is 2.25. The zero-order valence-electron chi connectivity index (χ0n) is 15.7. The molecular formula is C22H19N5O2. The molecule has 0 saturated carbocycles. The number of rotatable bonds is 5. The van der Waals surface area contributed by atoms with Crippen molar-refractivity contribution in [3.8, 4) is 0 Å². The van der Waals surface area contributed by atoms with E-state index in [-0.39, 0.29) is 17.5 Å². The summed E-state index contributed by atoms with van der Waals surface area (Å²) in [6.45, 7) is 2.03. The summed E-state index contributed by atoms with van der Waals surface area (Å²) in [6, 6.07) is 18.2. The summed E-state index contributed by atoms with van der Waals surface area (Å²) in [7, 11) is 0. The SMILES string of the molecule is CC(Nc1ncnc2ccccc12)c1cccc(NC(=O)c2ccc(=O)[nH]c2)c1. The highest BCUT2D eigenvalue weighted by molar-refractivity contribution is 6.04. The van der Waals surface area contributed by atoms with Crippen LogP contribution in [0.5, 0.6) is 0 Å². The minimum Gasteiger partial charge on any atom is -0.363 e. The molecule has 2 aromatic carbocycles. The van der Waals surface area contributed by atoms with Gasteiger partial charge in [-0.2, -0.15) is 0 Å². The lowest BCUT2D eigenvalue weighted by Crippen LogP contribution is -2.15. The summed E-state index contributed by atoms with van der Waals surface area (Å²) in [5.74, 6) is 0.464. The first-order valence-corrected chi connectivity index (χ1v) is 9.16. The molecule has 144 valence electrons. The van der Waals surface area contributed by atoms with Gasteiger partial charge in [-0.25, -0.2) is 9.97 Å². The summed E-state index contributed by atoms with van der Waals surface area (Å²) in [5, 5.41) is 7.22. The fourth-order valence-corrected chi connectivity index (χ4v) is 3.05. The number of pyridine rings is 1. The van der Waals surface area contributed by atoms with E-state index in [9.17, 15) is 9.59 Å². The van der Waals surface area contributed by atoms with Gasteiger partial charge in [0.2, 0.25) is 5.56 Å². The first-order valence-electron chi connectivity index (χ1n) is 9.16. The number of nitrogens with one attached hydrogen (secondary N) is 3. The van der Waals surface area contributed by atoms with E-state index >= 15 is 0 Å². The molecule has 3 N–H and O–H groups in total. The summed E-state index contributed by atoms with van der Waals surface area (Å²) in [4.78, 5) is 34.7. The van der Waals surface area contributed by atoms with Crippen LogP contribution in [0.25, 0.3) is 10.9 Å². The molecule has 0 radical (unpaired) electrons. The number of H-pyrrole nitrogens is 1. The van der Waals surface area contributed by atoms with Crippen molar-refractivity contribution in [2.24, 2.45) is 0 Å². The third-order valence-electron chi connectivity index (χ3n) is 4.59. The predicted octanol–water partition coefficient (Wildman–Crippen LogP) is 3.74. The molecule has 0 aliphatic carbocycles. The van der Waals surface area contributed by atoms with Crippen molar-refractivity contribution in [1.82, 2.24) is 15.0 Å². The fraction of sp³-hybridized carbons (Fsp3) is 0.0909. The summed E-state index contributed by atoms with van der Waals surface area (Å²) < 4.78 is 0. The molecule has 0 aliphatic heterocycles. The lowest BCUT2D eigenvalue weighted by atomic mass is 10.1. The third kappa shape index (κ3) is 4.14. The van der Waals surface area contributed by atoms with Gasteiger partial charge in [-0.1, -0.05) is 24.3 Å². The lowest BCUT2D eigenvalue weighted by Gasteiger charge is -2.17. The first-order chi connectivity index (χ1) is 14.1. The van der Waals surface area contributed by atoms with Crippen LogP contribution < -0.4 is 16.2 Å². The van der Waals surface area contributed by atoms with E-state index in [2.05, 4.69) is 25.6 Å². The molecule has 7 nitrogen and oxygen atoms in total. The molecule has 1 unspecified atom stereocenters. The Labute approximate surface area is 166 Å². The highest BCUT2D eigenvalue weighted by atomic mass is 16.1. The van der Waals surface area contributed by atoms with E-state index < -0.39 is 0 Å². The number of carbonyl (C=O) groups is 1. The Morgan fingerprint density at radius 1 is 1.03 bits per heavy atom. The number of amides is 1. The van der Waals surface area contributed by atoms with Crippen molar-refractivity contribution in [1.29, 1.82) is 0 Å². The van der Waals surface area contributed by atoms with Crippen LogP contribution in [-0.4, -0.2) is 20.9 Å². The zero-order valence-corrected chi connectivity index (χ0v) is 15.7. The Kier molecular flexibility index (Phi) is 5.03. The van der Waals surface area contributed by atoms with Crippen molar-refractivity contribution in [3.63, 3.8) is 0 Å². The summed E-state index contributed by atoms with van der Waals surface area (Å²) >= 11 is 0. The Hall–Kier alpha value is -4.00. The van der Waals surface area contributed by atoms with Crippen LogP contribution in [0.3, 0.4) is 0 Å². The maximum Gasteiger partial charge on any atom is 0.257 e. The van der Waals surface area contributed by atoms with Gasteiger partial charge in [-0.15, -0.1) is 0 Å². The molecule has 0 bridgehead atoms. The van der Waals surface area contributed by atoms with Crippen LogP contribution in [-0.2, 0) is 0 Å². The third-order valence-corrected chi connectivity index (χ3v) is 4.59. The van der Waals surface area contributed by atoms with Crippen LogP contribution in [0.2, 0.25) is 0 Å². The lowest BCUT2D eigenvalue weighted by molar-refractivity contribution is 0.102. The van der Waals surface area contributed by atoms with Crippen molar-refractivity contribution >= 4 is 28.3 Å². The predicted molar refractivity (Wildman–Crippen MR) is 113 cm³/mol. The van der Waals surface area contributed by atoms with Crippen LogP contribution in [0.1, 0.15) is 28.9 Å². The monoisotopic (exact) mass is 385 g/mol. The van der Waals surface area contributed by atoms with Gasteiger partial charge in [0.15, 0.2) is 0 Å². The Morgan fingerprint density at radius 2 is 1.90 bits per heavy atom. The zero-order chi connectivity index (χ0) is 20.2. The average Bonchev–Trinajstić information content (AvgIpc) is 2.74. The number of hydrogen-bond donors (Lipinski definition) is 3. The second-order valence-corrected chi connectivity index (χ2v) is 6.63. The number of fused-ring (bicyclic) bond motifs is 1. The van der Waals surface area contributed by atoms with Crippen LogP contribution in [0.15, 0.2) is 78.0 Å². The number of aromatic nitrogens is 3. The fourth-order valence-electron chi connectivity index (χ4n) is 3.05. The largest absolute Gasteiger partial charge is 0.363 e. The topological polar surface area (TPSA) is 99.8 Å². The van der Waals surface area contributed by atoms with Gasteiger partial charge in [0.05, 0.1) is 17.1 Å². The molecule has 1 amide bonds. The molecule has 1 atom stereocenters. The highest BCUT2D eigenvalue weighted by Gasteiger charge is 2.11. The average molecular weight is 385 g/mol. The van der Waals surface area contributed by atoms with Crippen molar-refractivity contribution in [2.45, 2.75) is 13.0 Å². The number of carbonyl (C=O) groups excluding carboxylic acids is 1. The van der Waals surface area contributed by atoms with Crippen LogP contribution in [0, 0.1) is 0 Å². The minimum absolute atomic E-state index is 0.0433. The molecule has 2 heterocycles. The molecule has 0 aliphatic rings. The maximum atomic E-state index is 12.4. The normalized spacial score (nSPS) is 11.8. The summed E-state index contributed by atoms with van der Waals surface area (Å²) in [5.41, 5.74) is 2.67. The number of benzene rings is 2. The Bertz CT molecular complexity index is 1210. The van der Waals surface area contributed by atoms with Crippen molar-refractivity contribution in [2.75, 3.05) is 10.6 Å². The quantitative estimate of drug-likeness (QED) is 0.486. The van der Waals surface area contributed by atoms with E-state index in [1.807, 2.05) is 55.5 Å². The smallest absolute Gasteiger partial charge is 0.257 e. The molecule has 0 fully saturated rings. The second kappa shape index (κ2) is 7.93. The van der Waals surface area contributed by atoms with Gasteiger partial charge >= 0.3 is 0 Å². The molecule has 29 heavy (non-hydrogen) atoms. The molecular weight excluding hydrogens is 366 g/mol. The number of anilines is 2. The van der Waals surface area contributed by atoms with E-state index in [0.29, 0.717) is 11.3 Å². The van der Waals surface area contributed by atoms with Crippen molar-refractivity contribution in [3.05, 3.63) is 94.7 Å². The number of hydrogen-bond acceptors (Lipinski definition) is 5. The van der Waals surface area contributed by atoms with Gasteiger partial charge in [0.1, 0.15) is 12.1 Å². The molecule has 2 aromatic heterocycles. The number of aromatic amines is 1. The number of para-hydroxylation sites is 1. The minimum atomic E-state index is -0.291. The molecule has 4 rings (SSSR count).